The summed E-state index contributed by atoms with van der Waals surface area (Å²) < 4.78 is 2.64. The van der Waals surface area contributed by atoms with Crippen LogP contribution >= 0.6 is 22.6 Å². The van der Waals surface area contributed by atoms with Crippen LogP contribution in [-0.4, -0.2) is 20.7 Å². The third-order valence-corrected chi connectivity index (χ3v) is 4.40. The smallest absolute Gasteiger partial charge is 0.252 e. The summed E-state index contributed by atoms with van der Waals surface area (Å²) in [4.78, 5) is 16.6. The summed E-state index contributed by atoms with van der Waals surface area (Å²) in [5.74, 6) is -0.0935. The number of hydrogen-bond acceptors (Lipinski definition) is 3. The predicted molar refractivity (Wildman–Crippen MR) is 95.8 cm³/mol. The molecule has 3 rings (SSSR count). The van der Waals surface area contributed by atoms with Gasteiger partial charge >= 0.3 is 0 Å². The highest BCUT2D eigenvalue weighted by Crippen LogP contribution is 2.17. The van der Waals surface area contributed by atoms with Gasteiger partial charge in [0.25, 0.3) is 5.91 Å². The van der Waals surface area contributed by atoms with Gasteiger partial charge in [-0.15, -0.1) is 0 Å². The zero-order valence-corrected chi connectivity index (χ0v) is 14.4. The second kappa shape index (κ2) is 7.36. The number of carbonyl (C=O) groups is 1. The van der Waals surface area contributed by atoms with Crippen LogP contribution < -0.4 is 5.32 Å². The number of hydrogen-bond donors (Lipinski definition) is 1. The van der Waals surface area contributed by atoms with Gasteiger partial charge in [0.2, 0.25) is 0 Å². The molecule has 1 amide bonds. The Morgan fingerprint density at radius 3 is 2.57 bits per heavy atom. The molecule has 3 aromatic rings. The molecule has 0 aliphatic carbocycles. The molecule has 2 aromatic carbocycles. The summed E-state index contributed by atoms with van der Waals surface area (Å²) >= 11 is 2.17. The van der Waals surface area contributed by atoms with E-state index in [9.17, 15) is 4.79 Å². The van der Waals surface area contributed by atoms with Gasteiger partial charge in [0, 0.05) is 3.57 Å². The third kappa shape index (κ3) is 3.95. The summed E-state index contributed by atoms with van der Waals surface area (Å²) in [5.41, 5.74) is 1.70. The van der Waals surface area contributed by atoms with E-state index in [1.165, 1.54) is 6.33 Å². The number of nitrogens with zero attached hydrogens (tertiary/aromatic N) is 3. The Kier molecular flexibility index (Phi) is 5.02. The van der Waals surface area contributed by atoms with E-state index in [2.05, 4.69) is 38.0 Å². The Hall–Kier alpha value is -2.22. The van der Waals surface area contributed by atoms with Crippen LogP contribution in [0.25, 0.3) is 0 Å². The van der Waals surface area contributed by atoms with Crippen LogP contribution in [0.1, 0.15) is 22.0 Å². The summed E-state index contributed by atoms with van der Waals surface area (Å²) in [5, 5.41) is 7.23. The maximum Gasteiger partial charge on any atom is 0.252 e. The molecule has 1 aromatic heterocycles. The maximum atomic E-state index is 12.6. The number of amides is 1. The highest BCUT2D eigenvalue weighted by molar-refractivity contribution is 14.1. The molecule has 116 valence electrons. The van der Waals surface area contributed by atoms with Crippen molar-refractivity contribution in [3.63, 3.8) is 0 Å². The molecule has 0 saturated carbocycles. The molecule has 1 N–H and O–H groups in total. The Balaban J connectivity index is 1.84. The van der Waals surface area contributed by atoms with Gasteiger partial charge in [0.1, 0.15) is 12.7 Å². The number of carbonyl (C=O) groups excluding carboxylic acids is 1. The molecular formula is C17H15IN4O. The van der Waals surface area contributed by atoms with Gasteiger partial charge in [-0.25, -0.2) is 4.98 Å². The highest BCUT2D eigenvalue weighted by atomic mass is 127. The lowest BCUT2D eigenvalue weighted by Gasteiger charge is -2.19. The molecule has 1 atom stereocenters. The third-order valence-electron chi connectivity index (χ3n) is 3.46. The van der Waals surface area contributed by atoms with Crippen molar-refractivity contribution >= 4 is 28.5 Å². The molecule has 0 fully saturated rings. The molecule has 0 aliphatic rings. The van der Waals surface area contributed by atoms with Crippen molar-refractivity contribution in [2.45, 2.75) is 12.6 Å². The van der Waals surface area contributed by atoms with Crippen LogP contribution in [-0.2, 0) is 6.54 Å². The Morgan fingerprint density at radius 2 is 1.87 bits per heavy atom. The van der Waals surface area contributed by atoms with E-state index in [0.717, 1.165) is 9.13 Å². The molecule has 23 heavy (non-hydrogen) atoms. The van der Waals surface area contributed by atoms with Gasteiger partial charge in [-0.3, -0.25) is 9.48 Å². The fraction of sp³-hybridized carbons (Fsp3) is 0.118. The van der Waals surface area contributed by atoms with Crippen molar-refractivity contribution in [1.29, 1.82) is 0 Å². The first-order valence-corrected chi connectivity index (χ1v) is 8.24. The number of benzene rings is 2. The molecule has 1 unspecified atom stereocenters. The second-order valence-corrected chi connectivity index (χ2v) is 6.20. The first-order chi connectivity index (χ1) is 11.2. The summed E-state index contributed by atoms with van der Waals surface area (Å²) in [6, 6.07) is 17.2. The van der Waals surface area contributed by atoms with Gasteiger partial charge in [0.15, 0.2) is 0 Å². The van der Waals surface area contributed by atoms with E-state index in [0.29, 0.717) is 12.1 Å². The van der Waals surface area contributed by atoms with E-state index < -0.39 is 0 Å². The Morgan fingerprint density at radius 1 is 1.13 bits per heavy atom. The SMILES string of the molecule is O=C(NC(Cn1cncn1)c1ccccc1)c1ccccc1I. The van der Waals surface area contributed by atoms with Crippen LogP contribution in [0.4, 0.5) is 0 Å². The monoisotopic (exact) mass is 418 g/mol. The molecule has 0 saturated heterocycles. The summed E-state index contributed by atoms with van der Waals surface area (Å²) in [6.07, 6.45) is 3.14. The fourth-order valence-corrected chi connectivity index (χ4v) is 2.95. The zero-order valence-electron chi connectivity index (χ0n) is 12.3. The summed E-state index contributed by atoms with van der Waals surface area (Å²) in [7, 11) is 0. The standard InChI is InChI=1S/C17H15IN4O/c18-15-9-5-4-8-14(15)17(23)21-16(10-22-12-19-11-20-22)13-6-2-1-3-7-13/h1-9,11-12,16H,10H2,(H,21,23). The van der Waals surface area contributed by atoms with Crippen molar-refractivity contribution in [3.8, 4) is 0 Å². The molecule has 0 radical (unpaired) electrons. The number of nitrogens with one attached hydrogen (secondary N) is 1. The molecule has 0 bridgehead atoms. The second-order valence-electron chi connectivity index (χ2n) is 5.03. The van der Waals surface area contributed by atoms with Crippen LogP contribution in [0.15, 0.2) is 67.3 Å². The van der Waals surface area contributed by atoms with Crippen LogP contribution in [0.5, 0.6) is 0 Å². The van der Waals surface area contributed by atoms with Gasteiger partial charge in [-0.05, 0) is 40.3 Å². The lowest BCUT2D eigenvalue weighted by molar-refractivity contribution is 0.0931. The van der Waals surface area contributed by atoms with E-state index in [1.807, 2.05) is 54.6 Å². The van der Waals surface area contributed by atoms with Gasteiger partial charge < -0.3 is 5.32 Å². The molecular weight excluding hydrogens is 403 g/mol. The first kappa shape index (κ1) is 15.7. The summed E-state index contributed by atoms with van der Waals surface area (Å²) in [6.45, 7) is 0.527. The van der Waals surface area contributed by atoms with Crippen LogP contribution in [0.2, 0.25) is 0 Å². The highest BCUT2D eigenvalue weighted by Gasteiger charge is 2.18. The minimum Gasteiger partial charge on any atom is -0.343 e. The van der Waals surface area contributed by atoms with E-state index in [1.54, 1.807) is 11.0 Å². The topological polar surface area (TPSA) is 59.8 Å². The van der Waals surface area contributed by atoms with Crippen molar-refractivity contribution in [3.05, 3.63) is 81.9 Å². The van der Waals surface area contributed by atoms with Gasteiger partial charge in [0.05, 0.1) is 18.2 Å². The number of rotatable bonds is 5. The first-order valence-electron chi connectivity index (χ1n) is 7.17. The molecule has 0 spiro atoms. The van der Waals surface area contributed by atoms with E-state index in [4.69, 9.17) is 0 Å². The van der Waals surface area contributed by atoms with Crippen molar-refractivity contribution in [1.82, 2.24) is 20.1 Å². The van der Waals surface area contributed by atoms with Gasteiger partial charge in [-0.2, -0.15) is 5.10 Å². The lowest BCUT2D eigenvalue weighted by atomic mass is 10.1. The minimum atomic E-state index is -0.179. The molecule has 6 heteroatoms. The average molecular weight is 418 g/mol. The van der Waals surface area contributed by atoms with E-state index >= 15 is 0 Å². The largest absolute Gasteiger partial charge is 0.343 e. The normalized spacial score (nSPS) is 11.9. The minimum absolute atomic E-state index is 0.0935. The number of halogens is 1. The molecule has 1 heterocycles. The zero-order chi connectivity index (χ0) is 16.1. The van der Waals surface area contributed by atoms with E-state index in [-0.39, 0.29) is 11.9 Å². The van der Waals surface area contributed by atoms with Gasteiger partial charge in [-0.1, -0.05) is 42.5 Å². The van der Waals surface area contributed by atoms with Crippen molar-refractivity contribution in [2.24, 2.45) is 0 Å². The Bertz CT molecular complexity index is 774. The quantitative estimate of drug-likeness (QED) is 0.649. The predicted octanol–water partition coefficient (Wildman–Crippen LogP) is 3.05. The fourth-order valence-electron chi connectivity index (χ4n) is 2.32. The van der Waals surface area contributed by atoms with Crippen LogP contribution in [0.3, 0.4) is 0 Å². The van der Waals surface area contributed by atoms with Crippen LogP contribution in [0, 0.1) is 3.57 Å². The van der Waals surface area contributed by atoms with Crippen molar-refractivity contribution < 1.29 is 4.79 Å². The Labute approximate surface area is 147 Å². The molecule has 5 nitrogen and oxygen atoms in total. The maximum absolute atomic E-state index is 12.6. The average Bonchev–Trinajstić information content (AvgIpc) is 3.08. The lowest BCUT2D eigenvalue weighted by Crippen LogP contribution is -2.32. The molecule has 0 aliphatic heterocycles. The van der Waals surface area contributed by atoms with Crippen molar-refractivity contribution in [2.75, 3.05) is 0 Å². The number of aromatic nitrogens is 3.